The van der Waals surface area contributed by atoms with Crippen LogP contribution in [0.1, 0.15) is 19.8 Å². The normalized spacial score (nSPS) is 35.8. The van der Waals surface area contributed by atoms with Crippen LogP contribution >= 0.6 is 0 Å². The van der Waals surface area contributed by atoms with Gasteiger partial charge in [0.2, 0.25) is 0 Å². The number of rotatable bonds is 4. The van der Waals surface area contributed by atoms with Crippen molar-refractivity contribution in [3.8, 4) is 0 Å². The van der Waals surface area contributed by atoms with Gasteiger partial charge >= 0.3 is 0 Å². The molecule has 1 rings (SSSR count). The van der Waals surface area contributed by atoms with Gasteiger partial charge in [0.15, 0.2) is 0 Å². The molecule has 1 fully saturated rings. The van der Waals surface area contributed by atoms with Gasteiger partial charge in [0, 0.05) is 25.7 Å². The number of hydrogen-bond acceptors (Lipinski definition) is 3. The van der Waals surface area contributed by atoms with E-state index in [2.05, 4.69) is 0 Å². The van der Waals surface area contributed by atoms with Crippen molar-refractivity contribution in [1.82, 2.24) is 0 Å². The summed E-state index contributed by atoms with van der Waals surface area (Å²) in [5.74, 6) is 0. The van der Waals surface area contributed by atoms with E-state index in [9.17, 15) is 5.11 Å². The van der Waals surface area contributed by atoms with Crippen LogP contribution in [-0.4, -0.2) is 38.1 Å². The van der Waals surface area contributed by atoms with Crippen molar-refractivity contribution >= 4 is 0 Å². The Kier molecular flexibility index (Phi) is 3.50. The van der Waals surface area contributed by atoms with Gasteiger partial charge in [-0.25, -0.2) is 0 Å². The average molecular weight is 174 g/mol. The smallest absolute Gasteiger partial charge is 0.0626 e. The van der Waals surface area contributed by atoms with Crippen LogP contribution in [0.25, 0.3) is 0 Å². The minimum absolute atomic E-state index is 0.0456. The molecule has 0 spiro atoms. The summed E-state index contributed by atoms with van der Waals surface area (Å²) in [5, 5.41) is 9.28. The second kappa shape index (κ2) is 4.21. The topological polar surface area (TPSA) is 38.7 Å². The van der Waals surface area contributed by atoms with Gasteiger partial charge in [-0.3, -0.25) is 0 Å². The summed E-state index contributed by atoms with van der Waals surface area (Å²) < 4.78 is 10.5. The Balaban J connectivity index is 2.49. The van der Waals surface area contributed by atoms with E-state index in [0.717, 1.165) is 19.4 Å². The van der Waals surface area contributed by atoms with Gasteiger partial charge < -0.3 is 14.6 Å². The minimum Gasteiger partial charge on any atom is -0.396 e. The third kappa shape index (κ3) is 1.79. The fourth-order valence-electron chi connectivity index (χ4n) is 1.74. The molecule has 1 heterocycles. The molecule has 0 radical (unpaired) electrons. The molecule has 2 atom stereocenters. The van der Waals surface area contributed by atoms with Gasteiger partial charge in [0.1, 0.15) is 0 Å². The lowest BCUT2D eigenvalue weighted by Gasteiger charge is -2.29. The molecule has 0 aromatic rings. The molecule has 1 saturated heterocycles. The Morgan fingerprint density at radius 1 is 1.67 bits per heavy atom. The van der Waals surface area contributed by atoms with E-state index in [4.69, 9.17) is 9.47 Å². The Morgan fingerprint density at radius 3 is 2.83 bits per heavy atom. The molecule has 3 heteroatoms. The number of aliphatic hydroxyl groups excluding tert-OH is 1. The molecule has 0 amide bonds. The first-order chi connectivity index (χ1) is 5.75. The van der Waals surface area contributed by atoms with Gasteiger partial charge in [0.05, 0.1) is 12.7 Å². The first kappa shape index (κ1) is 9.96. The summed E-state index contributed by atoms with van der Waals surface area (Å²) in [6, 6.07) is 0. The van der Waals surface area contributed by atoms with E-state index in [0.29, 0.717) is 6.61 Å². The van der Waals surface area contributed by atoms with Crippen molar-refractivity contribution in [2.75, 3.05) is 26.9 Å². The fraction of sp³-hybridized carbons (Fsp3) is 1.00. The lowest BCUT2D eigenvalue weighted by molar-refractivity contribution is 0.00693. The Morgan fingerprint density at radius 2 is 2.42 bits per heavy atom. The van der Waals surface area contributed by atoms with Crippen LogP contribution < -0.4 is 0 Å². The molecule has 0 aromatic heterocycles. The van der Waals surface area contributed by atoms with Crippen molar-refractivity contribution in [3.63, 3.8) is 0 Å². The number of ether oxygens (including phenoxy) is 2. The highest BCUT2D eigenvalue weighted by molar-refractivity contribution is 4.88. The maximum absolute atomic E-state index is 9.28. The summed E-state index contributed by atoms with van der Waals surface area (Å²) in [5.41, 5.74) is -0.0456. The largest absolute Gasteiger partial charge is 0.396 e. The molecule has 3 nitrogen and oxygen atoms in total. The van der Waals surface area contributed by atoms with Crippen LogP contribution in [0, 0.1) is 5.41 Å². The molecule has 72 valence electrons. The predicted octanol–water partition coefficient (Wildman–Crippen LogP) is 0.810. The number of aliphatic hydroxyl groups is 1. The SMILES string of the molecule is COCCC1(CO)CCOC1C. The van der Waals surface area contributed by atoms with Crippen molar-refractivity contribution in [3.05, 3.63) is 0 Å². The zero-order valence-electron chi connectivity index (χ0n) is 7.88. The third-order valence-corrected chi connectivity index (χ3v) is 2.95. The maximum Gasteiger partial charge on any atom is 0.0626 e. The van der Waals surface area contributed by atoms with Gasteiger partial charge in [0.25, 0.3) is 0 Å². The summed E-state index contributed by atoms with van der Waals surface area (Å²) in [4.78, 5) is 0. The molecule has 0 aliphatic carbocycles. The summed E-state index contributed by atoms with van der Waals surface area (Å²) in [6.45, 7) is 3.70. The summed E-state index contributed by atoms with van der Waals surface area (Å²) in [7, 11) is 1.69. The van der Waals surface area contributed by atoms with Gasteiger partial charge in [-0.15, -0.1) is 0 Å². The quantitative estimate of drug-likeness (QED) is 0.685. The molecular weight excluding hydrogens is 156 g/mol. The number of hydrogen-bond donors (Lipinski definition) is 1. The highest BCUT2D eigenvalue weighted by Gasteiger charge is 2.40. The van der Waals surface area contributed by atoms with Crippen LogP contribution in [0.3, 0.4) is 0 Å². The molecule has 12 heavy (non-hydrogen) atoms. The lowest BCUT2D eigenvalue weighted by atomic mass is 9.80. The fourth-order valence-corrected chi connectivity index (χ4v) is 1.74. The van der Waals surface area contributed by atoms with Crippen molar-refractivity contribution in [1.29, 1.82) is 0 Å². The highest BCUT2D eigenvalue weighted by atomic mass is 16.5. The highest BCUT2D eigenvalue weighted by Crippen LogP contribution is 2.37. The Bertz CT molecular complexity index is 138. The molecular formula is C9H18O3. The molecule has 1 N–H and O–H groups in total. The van der Waals surface area contributed by atoms with Crippen LogP contribution in [0.5, 0.6) is 0 Å². The predicted molar refractivity (Wildman–Crippen MR) is 46.0 cm³/mol. The van der Waals surface area contributed by atoms with Crippen LogP contribution in [0.2, 0.25) is 0 Å². The number of methoxy groups -OCH3 is 1. The second-order valence-corrected chi connectivity index (χ2v) is 3.53. The van der Waals surface area contributed by atoms with Crippen LogP contribution in [0.4, 0.5) is 0 Å². The summed E-state index contributed by atoms with van der Waals surface area (Å²) >= 11 is 0. The molecule has 1 aliphatic heterocycles. The molecule has 2 unspecified atom stereocenters. The van der Waals surface area contributed by atoms with Crippen molar-refractivity contribution in [2.45, 2.75) is 25.9 Å². The first-order valence-electron chi connectivity index (χ1n) is 4.46. The average Bonchev–Trinajstić information content (AvgIpc) is 2.45. The Hall–Kier alpha value is -0.120. The van der Waals surface area contributed by atoms with E-state index in [1.54, 1.807) is 7.11 Å². The van der Waals surface area contributed by atoms with E-state index in [1.807, 2.05) is 6.92 Å². The molecule has 0 aromatic carbocycles. The van der Waals surface area contributed by atoms with Gasteiger partial charge in [-0.1, -0.05) is 0 Å². The van der Waals surface area contributed by atoms with Crippen LogP contribution in [0.15, 0.2) is 0 Å². The zero-order chi connectivity index (χ0) is 9.03. The van der Waals surface area contributed by atoms with E-state index >= 15 is 0 Å². The van der Waals surface area contributed by atoms with Gasteiger partial charge in [-0.2, -0.15) is 0 Å². The molecule has 0 saturated carbocycles. The van der Waals surface area contributed by atoms with Crippen molar-refractivity contribution in [2.24, 2.45) is 5.41 Å². The molecule has 0 bridgehead atoms. The van der Waals surface area contributed by atoms with E-state index in [-0.39, 0.29) is 18.1 Å². The Labute approximate surface area is 73.7 Å². The summed E-state index contributed by atoms with van der Waals surface area (Å²) in [6.07, 6.45) is 2.01. The maximum atomic E-state index is 9.28. The zero-order valence-corrected chi connectivity index (χ0v) is 7.88. The van der Waals surface area contributed by atoms with Crippen LogP contribution in [-0.2, 0) is 9.47 Å². The third-order valence-electron chi connectivity index (χ3n) is 2.95. The van der Waals surface area contributed by atoms with Crippen molar-refractivity contribution < 1.29 is 14.6 Å². The van der Waals surface area contributed by atoms with E-state index in [1.165, 1.54) is 0 Å². The van der Waals surface area contributed by atoms with Gasteiger partial charge in [-0.05, 0) is 19.8 Å². The minimum atomic E-state index is -0.0456. The molecule has 1 aliphatic rings. The second-order valence-electron chi connectivity index (χ2n) is 3.53. The monoisotopic (exact) mass is 174 g/mol. The van der Waals surface area contributed by atoms with E-state index < -0.39 is 0 Å². The lowest BCUT2D eigenvalue weighted by Crippen LogP contribution is -2.33. The standard InChI is InChI=1S/C9H18O3/c1-8-9(7-10,3-5-11-2)4-6-12-8/h8,10H,3-7H2,1-2H3. The first-order valence-corrected chi connectivity index (χ1v) is 4.46.